The monoisotopic (exact) mass is 408 g/mol. The molecule has 0 aliphatic carbocycles. The molecule has 0 radical (unpaired) electrons. The maximum absolute atomic E-state index is 12.3. The Labute approximate surface area is 174 Å². The molecule has 3 rings (SSSR count). The summed E-state index contributed by atoms with van der Waals surface area (Å²) in [4.78, 5) is 16.8. The van der Waals surface area contributed by atoms with Crippen molar-refractivity contribution in [1.29, 1.82) is 5.26 Å². The molecule has 0 bridgehead atoms. The number of aryl methyl sites for hydroxylation is 1. The summed E-state index contributed by atoms with van der Waals surface area (Å²) in [5, 5.41) is 13.9. The summed E-state index contributed by atoms with van der Waals surface area (Å²) < 4.78 is 10.1. The average molecular weight is 409 g/mol. The zero-order valence-corrected chi connectivity index (χ0v) is 17.1. The molecule has 0 fully saturated rings. The normalized spacial score (nSPS) is 10.4. The Morgan fingerprint density at radius 3 is 2.69 bits per heavy atom. The van der Waals surface area contributed by atoms with Gasteiger partial charge < -0.3 is 14.8 Å². The van der Waals surface area contributed by atoms with Crippen LogP contribution in [-0.2, 0) is 17.7 Å². The molecular formula is C22H20ClN3O3. The van der Waals surface area contributed by atoms with Crippen LogP contribution in [0.3, 0.4) is 0 Å². The van der Waals surface area contributed by atoms with Crippen LogP contribution in [0.25, 0.3) is 10.9 Å². The van der Waals surface area contributed by atoms with Crippen molar-refractivity contribution < 1.29 is 14.3 Å². The summed E-state index contributed by atoms with van der Waals surface area (Å²) in [5.41, 5.74) is 3.97. The Hall–Kier alpha value is -3.30. The molecule has 2 aromatic carbocycles. The van der Waals surface area contributed by atoms with E-state index in [1.807, 2.05) is 19.1 Å². The third-order valence-electron chi connectivity index (χ3n) is 4.65. The lowest BCUT2D eigenvalue weighted by atomic mass is 10.0. The van der Waals surface area contributed by atoms with Crippen LogP contribution in [0.5, 0.6) is 5.75 Å². The minimum Gasteiger partial charge on any atom is -0.495 e. The number of carbonyl (C=O) groups is 1. The van der Waals surface area contributed by atoms with E-state index in [1.54, 1.807) is 25.3 Å². The van der Waals surface area contributed by atoms with Gasteiger partial charge in [-0.1, -0.05) is 24.6 Å². The third-order valence-corrected chi connectivity index (χ3v) is 4.95. The highest BCUT2D eigenvalue weighted by Gasteiger charge is 2.18. The molecular weight excluding hydrogens is 389 g/mol. The Morgan fingerprint density at radius 1 is 1.28 bits per heavy atom. The largest absolute Gasteiger partial charge is 0.495 e. The number of carbonyl (C=O) groups excluding carboxylic acids is 1. The highest BCUT2D eigenvalue weighted by atomic mass is 35.5. The van der Waals surface area contributed by atoms with E-state index in [1.165, 1.54) is 13.3 Å². The van der Waals surface area contributed by atoms with Gasteiger partial charge in [0.05, 0.1) is 42.1 Å². The fourth-order valence-electron chi connectivity index (χ4n) is 3.18. The summed E-state index contributed by atoms with van der Waals surface area (Å²) >= 11 is 6.22. The molecule has 29 heavy (non-hydrogen) atoms. The minimum atomic E-state index is -0.505. The fourth-order valence-corrected chi connectivity index (χ4v) is 3.46. The van der Waals surface area contributed by atoms with E-state index in [4.69, 9.17) is 21.1 Å². The van der Waals surface area contributed by atoms with Gasteiger partial charge in [-0.3, -0.25) is 4.98 Å². The molecule has 1 heterocycles. The van der Waals surface area contributed by atoms with Crippen LogP contribution in [0.2, 0.25) is 5.02 Å². The molecule has 0 unspecified atom stereocenters. The summed E-state index contributed by atoms with van der Waals surface area (Å²) in [6, 6.07) is 11.2. The Kier molecular flexibility index (Phi) is 6.20. The van der Waals surface area contributed by atoms with Crippen molar-refractivity contribution in [2.75, 3.05) is 19.5 Å². The van der Waals surface area contributed by atoms with E-state index in [0.29, 0.717) is 45.9 Å². The van der Waals surface area contributed by atoms with E-state index < -0.39 is 5.97 Å². The number of fused-ring (bicyclic) bond motifs is 1. The van der Waals surface area contributed by atoms with Crippen LogP contribution < -0.4 is 10.1 Å². The number of esters is 1. The quantitative estimate of drug-likeness (QED) is 0.593. The molecule has 0 saturated carbocycles. The molecule has 0 saturated heterocycles. The number of methoxy groups -OCH3 is 2. The summed E-state index contributed by atoms with van der Waals surface area (Å²) in [6.45, 7) is 2.41. The van der Waals surface area contributed by atoms with Crippen molar-refractivity contribution in [3.05, 3.63) is 63.8 Å². The van der Waals surface area contributed by atoms with Crippen molar-refractivity contribution >= 4 is 34.2 Å². The lowest BCUT2D eigenvalue weighted by Crippen LogP contribution is -2.10. The third kappa shape index (κ3) is 4.10. The number of pyridine rings is 1. The topological polar surface area (TPSA) is 84.2 Å². The number of hydrogen-bond donors (Lipinski definition) is 1. The summed E-state index contributed by atoms with van der Waals surface area (Å²) in [7, 11) is 2.88. The molecule has 7 heteroatoms. The van der Waals surface area contributed by atoms with Gasteiger partial charge in [0.2, 0.25) is 0 Å². The number of nitrogens with one attached hydrogen (secondary N) is 1. The van der Waals surface area contributed by atoms with Gasteiger partial charge in [0, 0.05) is 18.1 Å². The first kappa shape index (κ1) is 20.4. The smallest absolute Gasteiger partial charge is 0.341 e. The van der Waals surface area contributed by atoms with E-state index in [-0.39, 0.29) is 0 Å². The second-order valence-electron chi connectivity index (χ2n) is 6.36. The van der Waals surface area contributed by atoms with Crippen LogP contribution >= 0.6 is 11.6 Å². The average Bonchev–Trinajstić information content (AvgIpc) is 2.75. The molecule has 1 N–H and O–H groups in total. The minimum absolute atomic E-state index is 0.303. The molecule has 0 aliphatic rings. The van der Waals surface area contributed by atoms with Crippen LogP contribution in [-0.4, -0.2) is 25.2 Å². The zero-order valence-electron chi connectivity index (χ0n) is 16.4. The van der Waals surface area contributed by atoms with Gasteiger partial charge in [-0.2, -0.15) is 5.26 Å². The summed E-state index contributed by atoms with van der Waals surface area (Å²) in [5.74, 6) is 0.0846. The zero-order chi connectivity index (χ0) is 21.0. The second-order valence-corrected chi connectivity index (χ2v) is 6.77. The number of aromatic nitrogens is 1. The first-order chi connectivity index (χ1) is 14.0. The van der Waals surface area contributed by atoms with Gasteiger partial charge in [-0.15, -0.1) is 0 Å². The van der Waals surface area contributed by atoms with Gasteiger partial charge in [-0.05, 0) is 41.8 Å². The molecule has 3 aromatic rings. The van der Waals surface area contributed by atoms with Gasteiger partial charge in [0.25, 0.3) is 0 Å². The molecule has 148 valence electrons. The van der Waals surface area contributed by atoms with Crippen LogP contribution in [0.1, 0.15) is 34.0 Å². The molecule has 1 aromatic heterocycles. The van der Waals surface area contributed by atoms with Gasteiger partial charge in [-0.25, -0.2) is 4.79 Å². The van der Waals surface area contributed by atoms with Crippen molar-refractivity contribution in [2.24, 2.45) is 0 Å². The maximum atomic E-state index is 12.3. The number of halogens is 1. The van der Waals surface area contributed by atoms with Crippen LogP contribution in [0.4, 0.5) is 5.69 Å². The maximum Gasteiger partial charge on any atom is 0.341 e. The van der Waals surface area contributed by atoms with Crippen molar-refractivity contribution in [2.45, 2.75) is 19.9 Å². The van der Waals surface area contributed by atoms with E-state index in [9.17, 15) is 10.1 Å². The number of benzene rings is 2. The van der Waals surface area contributed by atoms with Crippen molar-refractivity contribution in [3.8, 4) is 11.8 Å². The Bertz CT molecular complexity index is 1120. The van der Waals surface area contributed by atoms with E-state index in [0.717, 1.165) is 16.6 Å². The fraction of sp³-hybridized carbons (Fsp3) is 0.227. The van der Waals surface area contributed by atoms with Crippen molar-refractivity contribution in [1.82, 2.24) is 4.98 Å². The first-order valence-electron chi connectivity index (χ1n) is 9.02. The highest BCUT2D eigenvalue weighted by molar-refractivity contribution is 6.32. The van der Waals surface area contributed by atoms with Gasteiger partial charge >= 0.3 is 5.97 Å². The predicted molar refractivity (Wildman–Crippen MR) is 113 cm³/mol. The molecule has 0 amide bonds. The lowest BCUT2D eigenvalue weighted by Gasteiger charge is -2.16. The van der Waals surface area contributed by atoms with Crippen molar-refractivity contribution in [3.63, 3.8) is 0 Å². The number of ether oxygens (including phenoxy) is 2. The molecule has 0 spiro atoms. The van der Waals surface area contributed by atoms with Crippen LogP contribution in [0, 0.1) is 11.3 Å². The molecule has 0 aliphatic heterocycles. The van der Waals surface area contributed by atoms with E-state index in [2.05, 4.69) is 16.4 Å². The number of nitriles is 1. The predicted octanol–water partition coefficient (Wildman–Crippen LogP) is 4.73. The number of nitrogens with zero attached hydrogens (tertiary/aromatic N) is 2. The van der Waals surface area contributed by atoms with E-state index >= 15 is 0 Å². The van der Waals surface area contributed by atoms with Crippen LogP contribution in [0.15, 0.2) is 36.5 Å². The standard InChI is InChI=1S/C22H20ClN3O3/c1-4-15-7-14(10-24)8-16-20(15)26-12-17(22(27)29-3)21(16)25-11-13-5-6-19(28-2)18(23)9-13/h5-9,12H,4,11H2,1-3H3,(H,25,26)/i3-1. The highest BCUT2D eigenvalue weighted by Crippen LogP contribution is 2.31. The molecule has 6 nitrogen and oxygen atoms in total. The summed E-state index contributed by atoms with van der Waals surface area (Å²) in [6.07, 6.45) is 2.22. The second kappa shape index (κ2) is 8.80. The first-order valence-corrected chi connectivity index (χ1v) is 9.40. The number of rotatable bonds is 6. The number of anilines is 1. The lowest BCUT2D eigenvalue weighted by molar-refractivity contribution is 0.0601. The molecule has 0 atom stereocenters. The SMILES string of the molecule is CCc1cc(C#N)cc2c(NCc3ccc(OC)c(Cl)c3)c(C(=O)O[11CH3])cnc12. The van der Waals surface area contributed by atoms with Gasteiger partial charge in [0.1, 0.15) is 11.3 Å². The van der Waals surface area contributed by atoms with Gasteiger partial charge in [0.15, 0.2) is 0 Å². The Balaban J connectivity index is 2.11. The Morgan fingerprint density at radius 2 is 2.07 bits per heavy atom. The number of hydrogen-bond acceptors (Lipinski definition) is 6.